The highest BCUT2D eigenvalue weighted by molar-refractivity contribution is 8.10. The van der Waals surface area contributed by atoms with Crippen LogP contribution < -0.4 is 0 Å². The monoisotopic (exact) mass is 724 g/mol. The van der Waals surface area contributed by atoms with Gasteiger partial charge in [0, 0.05) is 0 Å². The molecule has 0 bridgehead atoms. The molecule has 10 aromatic rings. The van der Waals surface area contributed by atoms with Gasteiger partial charge in [-0.15, -0.1) is 24.9 Å². The summed E-state index contributed by atoms with van der Waals surface area (Å²) in [6.45, 7) is 6.00. The first kappa shape index (κ1) is 32.8. The Morgan fingerprint density at radius 1 is 0.407 bits per heavy atom. The number of hydrogen-bond acceptors (Lipinski definition) is 2. The third-order valence-electron chi connectivity index (χ3n) is 11.5. The number of fused-ring (bicyclic) bond motifs is 5. The molecule has 1 aliphatic carbocycles. The van der Waals surface area contributed by atoms with E-state index in [-0.39, 0.29) is 0 Å². The van der Waals surface area contributed by atoms with E-state index < -0.39 is 4.08 Å². The molecular weight excluding hydrogens is 689 g/mol. The SMILES string of the molecule is C=C.CSC1(S)c2cc(-c3c4ccccc4c(-c4ccccc4)c4ccccc34)ccc2-c2ccc(-c3ccc4ccc5cccc6ccc3c4c56)cc21. The summed E-state index contributed by atoms with van der Waals surface area (Å²) in [6, 6.07) is 63.1. The van der Waals surface area contributed by atoms with E-state index in [2.05, 4.69) is 189 Å². The summed E-state index contributed by atoms with van der Waals surface area (Å²) in [7, 11) is 0. The van der Waals surface area contributed by atoms with Crippen LogP contribution in [-0.4, -0.2) is 6.26 Å². The van der Waals surface area contributed by atoms with E-state index >= 15 is 0 Å². The fourth-order valence-corrected chi connectivity index (χ4v) is 10.3. The lowest BCUT2D eigenvalue weighted by atomic mass is 9.85. The van der Waals surface area contributed by atoms with Gasteiger partial charge in [-0.25, -0.2) is 0 Å². The number of rotatable bonds is 4. The van der Waals surface area contributed by atoms with E-state index in [0.29, 0.717) is 0 Å². The molecule has 0 N–H and O–H groups in total. The first-order chi connectivity index (χ1) is 26.6. The van der Waals surface area contributed by atoms with Gasteiger partial charge in [-0.3, -0.25) is 0 Å². The minimum absolute atomic E-state index is 0.504. The van der Waals surface area contributed by atoms with E-state index in [1.807, 2.05) is 11.8 Å². The van der Waals surface area contributed by atoms with Gasteiger partial charge >= 0.3 is 0 Å². The van der Waals surface area contributed by atoms with Gasteiger partial charge in [0.05, 0.1) is 0 Å². The molecule has 0 saturated carbocycles. The van der Waals surface area contributed by atoms with Gasteiger partial charge < -0.3 is 0 Å². The predicted molar refractivity (Wildman–Crippen MR) is 241 cm³/mol. The molecule has 2 heteroatoms. The summed E-state index contributed by atoms with van der Waals surface area (Å²) in [6.07, 6.45) is 2.20. The Morgan fingerprint density at radius 3 is 1.46 bits per heavy atom. The Balaban J connectivity index is 0.00000178. The van der Waals surface area contributed by atoms with Crippen LogP contribution in [0.2, 0.25) is 0 Å². The van der Waals surface area contributed by atoms with Crippen molar-refractivity contribution in [3.8, 4) is 44.5 Å². The maximum absolute atomic E-state index is 5.58. The van der Waals surface area contributed by atoms with E-state index in [1.54, 1.807) is 0 Å². The largest absolute Gasteiger partial charge is 0.152 e. The van der Waals surface area contributed by atoms with Gasteiger partial charge in [-0.1, -0.05) is 158 Å². The van der Waals surface area contributed by atoms with E-state index in [1.165, 1.54) is 109 Å². The number of hydrogen-bond donors (Lipinski definition) is 1. The minimum atomic E-state index is -0.504. The molecule has 0 aromatic heterocycles. The van der Waals surface area contributed by atoms with Crippen molar-refractivity contribution in [1.29, 1.82) is 0 Å². The lowest BCUT2D eigenvalue weighted by Gasteiger charge is -2.25. The third kappa shape index (κ3) is 4.67. The molecule has 0 radical (unpaired) electrons. The van der Waals surface area contributed by atoms with Crippen molar-refractivity contribution in [2.75, 3.05) is 6.26 Å². The second-order valence-electron chi connectivity index (χ2n) is 14.0. The molecule has 1 aliphatic rings. The Hall–Kier alpha value is -5.80. The molecule has 0 amide bonds. The molecule has 0 saturated heterocycles. The van der Waals surface area contributed by atoms with Gasteiger partial charge in [-0.05, 0) is 128 Å². The van der Waals surface area contributed by atoms with E-state index in [4.69, 9.17) is 12.6 Å². The summed E-state index contributed by atoms with van der Waals surface area (Å²) in [5.74, 6) is 0. The maximum Gasteiger partial charge on any atom is 0.109 e. The highest BCUT2D eigenvalue weighted by atomic mass is 32.2. The Kier molecular flexibility index (Phi) is 7.70. The molecule has 1 atom stereocenters. The standard InChI is InChI=1S/C50H32S2.C2H4/c1-52-50(51)44-28-34(36-24-20-33-19-18-31-12-9-13-32-21-27-43(36)49(33)46(31)32)22-25-37(44)38-26-23-35(29-45(38)50)48-41-16-7-5-14-39(41)47(30-10-3-2-4-11-30)40-15-6-8-17-42(40)48;1-2/h2-29,51H,1H3;1-2H2. The van der Waals surface area contributed by atoms with Crippen LogP contribution in [0.4, 0.5) is 0 Å². The van der Waals surface area contributed by atoms with Crippen molar-refractivity contribution in [2.45, 2.75) is 4.08 Å². The van der Waals surface area contributed by atoms with Gasteiger partial charge in [0.1, 0.15) is 4.08 Å². The van der Waals surface area contributed by atoms with Crippen LogP contribution in [0.15, 0.2) is 183 Å². The molecule has 0 spiro atoms. The van der Waals surface area contributed by atoms with Crippen LogP contribution in [0.5, 0.6) is 0 Å². The zero-order chi connectivity index (χ0) is 36.6. The fraction of sp³-hybridized carbons (Fsp3) is 0.0385. The summed E-state index contributed by atoms with van der Waals surface area (Å²) in [4.78, 5) is 0. The zero-order valence-electron chi connectivity index (χ0n) is 29.9. The van der Waals surface area contributed by atoms with Crippen molar-refractivity contribution in [1.82, 2.24) is 0 Å². The molecule has 256 valence electrons. The molecule has 0 aliphatic heterocycles. The second-order valence-corrected chi connectivity index (χ2v) is 16.0. The average Bonchev–Trinajstić information content (AvgIpc) is 3.49. The van der Waals surface area contributed by atoms with Crippen LogP contribution in [0.25, 0.3) is 98.4 Å². The van der Waals surface area contributed by atoms with Crippen LogP contribution in [0, 0.1) is 0 Å². The van der Waals surface area contributed by atoms with Crippen molar-refractivity contribution in [3.63, 3.8) is 0 Å². The molecule has 0 fully saturated rings. The number of thioether (sulfide) groups is 1. The van der Waals surface area contributed by atoms with Crippen molar-refractivity contribution in [2.24, 2.45) is 0 Å². The highest BCUT2D eigenvalue weighted by Gasteiger charge is 2.40. The fourth-order valence-electron chi connectivity index (χ4n) is 9.15. The van der Waals surface area contributed by atoms with Crippen LogP contribution >= 0.6 is 24.4 Å². The van der Waals surface area contributed by atoms with Crippen molar-refractivity contribution in [3.05, 3.63) is 194 Å². The second kappa shape index (κ2) is 12.7. The summed E-state index contributed by atoms with van der Waals surface area (Å²) in [5, 5.41) is 12.9. The van der Waals surface area contributed by atoms with Gasteiger partial charge in [0.2, 0.25) is 0 Å². The van der Waals surface area contributed by atoms with Gasteiger partial charge in [-0.2, -0.15) is 12.6 Å². The topological polar surface area (TPSA) is 0 Å². The van der Waals surface area contributed by atoms with Crippen molar-refractivity contribution < 1.29 is 0 Å². The molecule has 54 heavy (non-hydrogen) atoms. The Bertz CT molecular complexity index is 3010. The van der Waals surface area contributed by atoms with E-state index in [0.717, 1.165) is 0 Å². The van der Waals surface area contributed by atoms with Crippen LogP contribution in [-0.2, 0) is 4.08 Å². The number of benzene rings is 10. The third-order valence-corrected chi connectivity index (χ3v) is 13.5. The minimum Gasteiger partial charge on any atom is -0.152 e. The molecule has 0 nitrogen and oxygen atoms in total. The van der Waals surface area contributed by atoms with Crippen LogP contribution in [0.3, 0.4) is 0 Å². The molecule has 10 aromatic carbocycles. The molecule has 0 heterocycles. The van der Waals surface area contributed by atoms with E-state index in [9.17, 15) is 0 Å². The summed E-state index contributed by atoms with van der Waals surface area (Å²) < 4.78 is -0.504. The van der Waals surface area contributed by atoms with Gasteiger partial charge in [0.25, 0.3) is 0 Å². The lowest BCUT2D eigenvalue weighted by Crippen LogP contribution is -2.12. The first-order valence-electron chi connectivity index (χ1n) is 18.4. The lowest BCUT2D eigenvalue weighted by molar-refractivity contribution is 1.14. The smallest absolute Gasteiger partial charge is 0.109 e. The molecule has 11 rings (SSSR count). The number of thiol groups is 1. The van der Waals surface area contributed by atoms with Crippen molar-refractivity contribution >= 4 is 78.3 Å². The average molecular weight is 725 g/mol. The van der Waals surface area contributed by atoms with Crippen LogP contribution in [0.1, 0.15) is 11.1 Å². The Labute approximate surface area is 325 Å². The predicted octanol–water partition coefficient (Wildman–Crippen LogP) is 15.2. The van der Waals surface area contributed by atoms with Gasteiger partial charge in [0.15, 0.2) is 0 Å². The molecule has 1 unspecified atom stereocenters. The zero-order valence-corrected chi connectivity index (χ0v) is 31.6. The first-order valence-corrected chi connectivity index (χ1v) is 20.0. The summed E-state index contributed by atoms with van der Waals surface area (Å²) >= 11 is 7.39. The molecular formula is C52H36S2. The normalized spacial score (nSPS) is 14.8. The summed E-state index contributed by atoms with van der Waals surface area (Å²) in [5.41, 5.74) is 12.6. The highest BCUT2D eigenvalue weighted by Crippen LogP contribution is 2.58. The Morgan fingerprint density at radius 2 is 0.870 bits per heavy atom. The quantitative estimate of drug-likeness (QED) is 0.0620. The maximum atomic E-state index is 5.58.